The Morgan fingerprint density at radius 1 is 0.826 bits per heavy atom. The average molecular weight is 658 g/mol. The lowest BCUT2D eigenvalue weighted by Gasteiger charge is -2.49. The van der Waals surface area contributed by atoms with Crippen LogP contribution in [0.15, 0.2) is 95.3 Å². The first kappa shape index (κ1) is 32.1. The maximum Gasteiger partial charge on any atom is 0.262 e. The van der Waals surface area contributed by atoms with Crippen LogP contribution in [0.5, 0.6) is 5.75 Å². The number of allylic oxidation sites excluding steroid dienone is 4. The van der Waals surface area contributed by atoms with Crippen LogP contribution in [0.2, 0.25) is 10.0 Å². The minimum atomic E-state index is -0.524. The van der Waals surface area contributed by atoms with Gasteiger partial charge in [-0.3, -0.25) is 14.4 Å². The van der Waals surface area contributed by atoms with Crippen LogP contribution in [0.4, 0.5) is 5.69 Å². The van der Waals surface area contributed by atoms with Crippen LogP contribution in [-0.4, -0.2) is 29.0 Å². The molecule has 3 aliphatic rings. The summed E-state index contributed by atoms with van der Waals surface area (Å²) in [7, 11) is 0. The highest BCUT2D eigenvalue weighted by molar-refractivity contribution is 6.32. The molecule has 1 aliphatic heterocycles. The minimum Gasteiger partial charge on any atom is -0.482 e. The second-order valence-corrected chi connectivity index (χ2v) is 15.0. The lowest BCUT2D eigenvalue weighted by molar-refractivity contribution is -0.120. The zero-order valence-corrected chi connectivity index (χ0v) is 28.1. The summed E-state index contributed by atoms with van der Waals surface area (Å²) in [6.45, 7) is 8.88. The van der Waals surface area contributed by atoms with Gasteiger partial charge in [-0.1, -0.05) is 87.3 Å². The molecule has 238 valence electrons. The second-order valence-electron chi connectivity index (χ2n) is 14.1. The van der Waals surface area contributed by atoms with Crippen molar-refractivity contribution in [2.75, 3.05) is 11.9 Å². The molecule has 0 radical (unpaired) electrons. The van der Waals surface area contributed by atoms with Crippen molar-refractivity contribution in [3.05, 3.63) is 117 Å². The molecule has 2 aliphatic carbocycles. The van der Waals surface area contributed by atoms with Crippen LogP contribution in [0.25, 0.3) is 0 Å². The van der Waals surface area contributed by atoms with Crippen molar-refractivity contribution in [2.24, 2.45) is 10.8 Å². The zero-order valence-electron chi connectivity index (χ0n) is 26.6. The molecule has 0 aromatic heterocycles. The number of Topliss-reactive ketones (excluding diaryl/α,β-unsaturated/α-hetero) is 2. The van der Waals surface area contributed by atoms with Crippen molar-refractivity contribution < 1.29 is 19.1 Å². The van der Waals surface area contributed by atoms with Crippen molar-refractivity contribution in [1.82, 2.24) is 4.90 Å². The fourth-order valence-corrected chi connectivity index (χ4v) is 7.39. The summed E-state index contributed by atoms with van der Waals surface area (Å²) < 4.78 is 5.79. The minimum absolute atomic E-state index is 0.0637. The van der Waals surface area contributed by atoms with E-state index in [1.807, 2.05) is 24.3 Å². The van der Waals surface area contributed by atoms with Crippen molar-refractivity contribution in [1.29, 1.82) is 0 Å². The molecular formula is C38H38Cl2N2O4. The third-order valence-corrected chi connectivity index (χ3v) is 9.53. The zero-order chi connectivity index (χ0) is 32.8. The number of nitrogens with zero attached hydrogens (tertiary/aromatic N) is 1. The van der Waals surface area contributed by atoms with Gasteiger partial charge in [0.15, 0.2) is 18.2 Å². The lowest BCUT2D eigenvalue weighted by Crippen LogP contribution is -2.44. The smallest absolute Gasteiger partial charge is 0.262 e. The fourth-order valence-electron chi connectivity index (χ4n) is 7.03. The van der Waals surface area contributed by atoms with E-state index in [1.165, 1.54) is 0 Å². The van der Waals surface area contributed by atoms with Crippen LogP contribution >= 0.6 is 23.2 Å². The second kappa shape index (κ2) is 12.4. The third-order valence-electron chi connectivity index (χ3n) is 8.98. The van der Waals surface area contributed by atoms with Gasteiger partial charge in [-0.2, -0.15) is 0 Å². The molecule has 3 aromatic carbocycles. The molecule has 0 atom stereocenters. The number of hydrogen-bond acceptors (Lipinski definition) is 5. The van der Waals surface area contributed by atoms with Gasteiger partial charge in [-0.05, 0) is 71.2 Å². The van der Waals surface area contributed by atoms with E-state index in [4.69, 9.17) is 27.9 Å². The first-order chi connectivity index (χ1) is 21.8. The largest absolute Gasteiger partial charge is 0.482 e. The number of ketones is 2. The number of carbonyl (C=O) groups excluding carboxylic acids is 3. The average Bonchev–Trinajstić information content (AvgIpc) is 2.98. The number of carbonyl (C=O) groups is 3. The van der Waals surface area contributed by atoms with Gasteiger partial charge in [0.1, 0.15) is 5.75 Å². The monoisotopic (exact) mass is 656 g/mol. The Hall–Kier alpha value is -3.87. The van der Waals surface area contributed by atoms with E-state index >= 15 is 0 Å². The third kappa shape index (κ3) is 6.65. The summed E-state index contributed by atoms with van der Waals surface area (Å²) in [5.74, 6) is -0.399. The number of rotatable bonds is 7. The Bertz CT molecular complexity index is 1720. The van der Waals surface area contributed by atoms with Crippen molar-refractivity contribution in [3.63, 3.8) is 0 Å². The van der Waals surface area contributed by atoms with Crippen LogP contribution in [-0.2, 0) is 20.9 Å². The number of amides is 1. The molecule has 46 heavy (non-hydrogen) atoms. The summed E-state index contributed by atoms with van der Waals surface area (Å²) in [5.41, 5.74) is 5.42. The SMILES string of the molecule is CC1(C)CC(=O)C2=C(C1)N(Cc1ccccc1)C1=C(C(=O)CC(C)(C)C1)C2c1ccc(OCC(=O)Nc2ccc(Cl)cc2)c(Cl)c1. The Labute approximate surface area is 280 Å². The number of anilines is 1. The normalized spacial score (nSPS) is 19.1. The number of benzene rings is 3. The molecule has 0 saturated carbocycles. The fraction of sp³-hybridized carbons (Fsp3) is 0.342. The Kier molecular flexibility index (Phi) is 8.64. The summed E-state index contributed by atoms with van der Waals surface area (Å²) >= 11 is 12.7. The molecule has 0 fully saturated rings. The molecule has 3 aromatic rings. The Balaban J connectivity index is 1.37. The summed E-state index contributed by atoms with van der Waals surface area (Å²) in [5, 5.41) is 3.65. The van der Waals surface area contributed by atoms with Gasteiger partial charge in [0.2, 0.25) is 0 Å². The predicted octanol–water partition coefficient (Wildman–Crippen LogP) is 8.90. The van der Waals surface area contributed by atoms with Crippen molar-refractivity contribution in [3.8, 4) is 5.75 Å². The molecule has 1 heterocycles. The maximum absolute atomic E-state index is 14.1. The standard InChI is InChI=1S/C38H38Cl2N2O4/c1-37(2)17-28-35(30(43)19-37)34(36-29(18-38(3,4)20-31(36)44)42(28)21-23-8-6-5-7-9-23)24-10-15-32(27(40)16-24)46-22-33(45)41-26-13-11-25(39)12-14-26/h5-16,34H,17-22H2,1-4H3,(H,41,45). The van der Waals surface area contributed by atoms with E-state index in [-0.39, 0.29) is 34.9 Å². The first-order valence-electron chi connectivity index (χ1n) is 15.6. The number of hydrogen-bond donors (Lipinski definition) is 1. The lowest BCUT2D eigenvalue weighted by atomic mass is 9.63. The van der Waals surface area contributed by atoms with Crippen LogP contribution < -0.4 is 10.1 Å². The van der Waals surface area contributed by atoms with Crippen molar-refractivity contribution >= 4 is 46.4 Å². The Morgan fingerprint density at radius 3 is 1.98 bits per heavy atom. The highest BCUT2D eigenvalue weighted by Gasteiger charge is 2.49. The van der Waals surface area contributed by atoms with Gasteiger partial charge in [-0.25, -0.2) is 0 Å². The summed E-state index contributed by atoms with van der Waals surface area (Å²) in [6, 6.07) is 22.4. The van der Waals surface area contributed by atoms with Crippen molar-refractivity contribution in [2.45, 2.75) is 65.8 Å². The molecule has 6 nitrogen and oxygen atoms in total. The molecule has 0 bridgehead atoms. The van der Waals surface area contributed by atoms with Gasteiger partial charge in [0.05, 0.1) is 5.02 Å². The van der Waals surface area contributed by atoms with Crippen LogP contribution in [0.3, 0.4) is 0 Å². The topological polar surface area (TPSA) is 75.7 Å². The highest BCUT2D eigenvalue weighted by atomic mass is 35.5. The van der Waals surface area contributed by atoms with E-state index in [0.717, 1.165) is 35.4 Å². The maximum atomic E-state index is 14.1. The van der Waals surface area contributed by atoms with Gasteiger partial charge >= 0.3 is 0 Å². The number of nitrogens with one attached hydrogen (secondary N) is 1. The highest BCUT2D eigenvalue weighted by Crippen LogP contribution is 2.55. The number of halogens is 2. The molecule has 0 spiro atoms. The summed E-state index contributed by atoms with van der Waals surface area (Å²) in [6.07, 6.45) is 2.25. The molecule has 0 unspecified atom stereocenters. The van der Waals surface area contributed by atoms with Gasteiger partial charge in [0.25, 0.3) is 5.91 Å². The van der Waals surface area contributed by atoms with E-state index in [0.29, 0.717) is 52.0 Å². The van der Waals surface area contributed by atoms with E-state index < -0.39 is 5.92 Å². The Morgan fingerprint density at radius 2 is 1.41 bits per heavy atom. The van der Waals surface area contributed by atoms with Crippen LogP contribution in [0.1, 0.15) is 70.4 Å². The molecule has 6 rings (SSSR count). The van der Waals surface area contributed by atoms with Crippen LogP contribution in [0, 0.1) is 10.8 Å². The predicted molar refractivity (Wildman–Crippen MR) is 182 cm³/mol. The number of ether oxygens (including phenoxy) is 1. The van der Waals surface area contributed by atoms with E-state index in [2.05, 4.69) is 50.0 Å². The molecule has 0 saturated heterocycles. The van der Waals surface area contributed by atoms with E-state index in [9.17, 15) is 14.4 Å². The molecule has 1 N–H and O–H groups in total. The quantitative estimate of drug-likeness (QED) is 0.275. The van der Waals surface area contributed by atoms with Gasteiger partial charge in [-0.15, -0.1) is 0 Å². The molecular weight excluding hydrogens is 619 g/mol. The first-order valence-corrected chi connectivity index (χ1v) is 16.4. The summed E-state index contributed by atoms with van der Waals surface area (Å²) in [4.78, 5) is 43.0. The van der Waals surface area contributed by atoms with E-state index in [1.54, 1.807) is 36.4 Å². The molecule has 1 amide bonds. The van der Waals surface area contributed by atoms with Gasteiger partial charge in [0, 0.05) is 58.6 Å². The molecule has 8 heteroatoms. The van der Waals surface area contributed by atoms with Gasteiger partial charge < -0.3 is 15.0 Å².